The summed E-state index contributed by atoms with van der Waals surface area (Å²) in [4.78, 5) is 13.5. The van der Waals surface area contributed by atoms with E-state index in [2.05, 4.69) is 5.10 Å². The number of likely N-dealkylation sites (N-methyl/N-ethyl adjacent to an activating group) is 1. The van der Waals surface area contributed by atoms with E-state index in [0.717, 1.165) is 0 Å². The molecule has 0 radical (unpaired) electrons. The van der Waals surface area contributed by atoms with Crippen molar-refractivity contribution in [3.63, 3.8) is 0 Å². The van der Waals surface area contributed by atoms with Crippen LogP contribution in [0.25, 0.3) is 0 Å². The molecule has 6 heteroatoms. The number of anilines is 1. The van der Waals surface area contributed by atoms with E-state index in [1.807, 2.05) is 6.92 Å². The summed E-state index contributed by atoms with van der Waals surface area (Å²) in [5.41, 5.74) is 6.44. The predicted octanol–water partition coefficient (Wildman–Crippen LogP) is 0.204. The van der Waals surface area contributed by atoms with Crippen LogP contribution in [-0.4, -0.2) is 47.9 Å². The molecule has 1 aromatic heterocycles. The van der Waals surface area contributed by atoms with Gasteiger partial charge in [-0.1, -0.05) is 0 Å². The Kier molecular flexibility index (Phi) is 4.30. The quantitative estimate of drug-likeness (QED) is 0.778. The number of nitrogens with two attached hydrogens (primary N) is 1. The Hall–Kier alpha value is -1.56. The molecule has 6 nitrogen and oxygen atoms in total. The lowest BCUT2D eigenvalue weighted by Gasteiger charge is -2.15. The second-order valence-corrected chi connectivity index (χ2v) is 3.51. The molecule has 1 aromatic rings. The van der Waals surface area contributed by atoms with E-state index in [-0.39, 0.29) is 5.91 Å². The normalized spacial score (nSPS) is 10.4. The number of hydrogen-bond acceptors (Lipinski definition) is 4. The van der Waals surface area contributed by atoms with Crippen molar-refractivity contribution in [1.82, 2.24) is 14.7 Å². The third-order valence-electron chi connectivity index (χ3n) is 2.29. The number of methoxy groups -OCH3 is 1. The van der Waals surface area contributed by atoms with Gasteiger partial charge in [0.05, 0.1) is 12.3 Å². The number of nitrogens with zero attached hydrogens (tertiary/aromatic N) is 3. The Labute approximate surface area is 95.0 Å². The van der Waals surface area contributed by atoms with E-state index in [4.69, 9.17) is 10.5 Å². The largest absolute Gasteiger partial charge is 0.396 e. The van der Waals surface area contributed by atoms with Crippen molar-refractivity contribution in [2.24, 2.45) is 0 Å². The van der Waals surface area contributed by atoms with Crippen molar-refractivity contribution in [3.8, 4) is 0 Å². The van der Waals surface area contributed by atoms with Gasteiger partial charge in [-0.15, -0.1) is 0 Å². The molecule has 0 saturated carbocycles. The van der Waals surface area contributed by atoms with Gasteiger partial charge in [0.2, 0.25) is 0 Å². The van der Waals surface area contributed by atoms with Crippen LogP contribution in [0.3, 0.4) is 0 Å². The minimum absolute atomic E-state index is 0.179. The second kappa shape index (κ2) is 5.50. The summed E-state index contributed by atoms with van der Waals surface area (Å²) in [5.74, 6) is -0.179. The van der Waals surface area contributed by atoms with Crippen molar-refractivity contribution in [3.05, 3.63) is 11.9 Å². The first-order chi connectivity index (χ1) is 7.60. The molecule has 1 amide bonds. The van der Waals surface area contributed by atoms with Crippen LogP contribution >= 0.6 is 0 Å². The standard InChI is InChI=1S/C10H18N4O2/c1-4-14-7-8(11)9(12-14)10(15)13(2)5-6-16-3/h7H,4-6,11H2,1-3H3. The van der Waals surface area contributed by atoms with Gasteiger partial charge >= 0.3 is 0 Å². The highest BCUT2D eigenvalue weighted by atomic mass is 16.5. The summed E-state index contributed by atoms with van der Waals surface area (Å²) in [7, 11) is 3.30. The Balaban J connectivity index is 2.75. The van der Waals surface area contributed by atoms with Gasteiger partial charge in [-0.25, -0.2) is 0 Å². The highest BCUT2D eigenvalue weighted by molar-refractivity contribution is 5.96. The minimum atomic E-state index is -0.179. The van der Waals surface area contributed by atoms with Crippen molar-refractivity contribution < 1.29 is 9.53 Å². The molecule has 0 unspecified atom stereocenters. The fourth-order valence-electron chi connectivity index (χ4n) is 1.28. The number of aryl methyl sites for hydroxylation is 1. The average Bonchev–Trinajstić information content (AvgIpc) is 2.66. The molecule has 0 aliphatic carbocycles. The van der Waals surface area contributed by atoms with Crippen LogP contribution in [0, 0.1) is 0 Å². The Morgan fingerprint density at radius 1 is 1.69 bits per heavy atom. The van der Waals surface area contributed by atoms with Gasteiger partial charge in [-0.3, -0.25) is 9.48 Å². The van der Waals surface area contributed by atoms with Gasteiger partial charge < -0.3 is 15.4 Å². The average molecular weight is 226 g/mol. The van der Waals surface area contributed by atoms with Gasteiger partial charge in [0.25, 0.3) is 5.91 Å². The number of aromatic nitrogens is 2. The molecule has 0 spiro atoms. The Morgan fingerprint density at radius 3 is 2.88 bits per heavy atom. The number of carbonyl (C=O) groups excluding carboxylic acids is 1. The molecule has 0 aromatic carbocycles. The first kappa shape index (κ1) is 12.5. The number of carbonyl (C=O) groups is 1. The van der Waals surface area contributed by atoms with Gasteiger partial charge in [-0.2, -0.15) is 5.10 Å². The predicted molar refractivity (Wildman–Crippen MR) is 61.1 cm³/mol. The van der Waals surface area contributed by atoms with Crippen molar-refractivity contribution in [1.29, 1.82) is 0 Å². The summed E-state index contributed by atoms with van der Waals surface area (Å²) >= 11 is 0. The molecule has 90 valence electrons. The van der Waals surface area contributed by atoms with Gasteiger partial charge in [0.15, 0.2) is 5.69 Å². The molecule has 0 aliphatic heterocycles. The van der Waals surface area contributed by atoms with Crippen molar-refractivity contribution in [2.45, 2.75) is 13.5 Å². The van der Waals surface area contributed by atoms with Crippen LogP contribution < -0.4 is 5.73 Å². The molecule has 0 atom stereocenters. The van der Waals surface area contributed by atoms with Crippen LogP contribution in [0.1, 0.15) is 17.4 Å². The maximum atomic E-state index is 11.9. The molecular formula is C10H18N4O2. The highest BCUT2D eigenvalue weighted by Gasteiger charge is 2.18. The van der Waals surface area contributed by atoms with Crippen LogP contribution in [0.15, 0.2) is 6.20 Å². The topological polar surface area (TPSA) is 73.4 Å². The lowest BCUT2D eigenvalue weighted by atomic mass is 10.3. The molecule has 0 saturated heterocycles. The first-order valence-corrected chi connectivity index (χ1v) is 5.17. The second-order valence-electron chi connectivity index (χ2n) is 3.51. The summed E-state index contributed by atoms with van der Waals surface area (Å²) in [6, 6.07) is 0. The SMILES string of the molecule is CCn1cc(N)c(C(=O)N(C)CCOC)n1. The van der Waals surface area contributed by atoms with Crippen LogP contribution in [0.5, 0.6) is 0 Å². The minimum Gasteiger partial charge on any atom is -0.396 e. The fourth-order valence-corrected chi connectivity index (χ4v) is 1.28. The van der Waals surface area contributed by atoms with Crippen LogP contribution in [0.4, 0.5) is 5.69 Å². The smallest absolute Gasteiger partial charge is 0.276 e. The Bertz CT molecular complexity index is 362. The molecule has 1 rings (SSSR count). The number of hydrogen-bond donors (Lipinski definition) is 1. The maximum absolute atomic E-state index is 11.9. The van der Waals surface area contributed by atoms with E-state index in [1.165, 1.54) is 0 Å². The van der Waals surface area contributed by atoms with Crippen LogP contribution in [0.2, 0.25) is 0 Å². The zero-order chi connectivity index (χ0) is 12.1. The summed E-state index contributed by atoms with van der Waals surface area (Å²) in [6.45, 7) is 3.65. The first-order valence-electron chi connectivity index (χ1n) is 5.17. The van der Waals surface area contributed by atoms with E-state index in [9.17, 15) is 4.79 Å². The summed E-state index contributed by atoms with van der Waals surface area (Å²) in [6.07, 6.45) is 1.66. The van der Waals surface area contributed by atoms with Gasteiger partial charge in [-0.05, 0) is 6.92 Å². The van der Waals surface area contributed by atoms with Crippen molar-refractivity contribution in [2.75, 3.05) is 33.0 Å². The van der Waals surface area contributed by atoms with Crippen molar-refractivity contribution >= 4 is 11.6 Å². The molecular weight excluding hydrogens is 208 g/mol. The lowest BCUT2D eigenvalue weighted by molar-refractivity contribution is 0.0738. The molecule has 0 fully saturated rings. The van der Waals surface area contributed by atoms with Gasteiger partial charge in [0.1, 0.15) is 0 Å². The van der Waals surface area contributed by atoms with E-state index < -0.39 is 0 Å². The molecule has 0 bridgehead atoms. The van der Waals surface area contributed by atoms with Gasteiger partial charge in [0, 0.05) is 33.4 Å². The highest BCUT2D eigenvalue weighted by Crippen LogP contribution is 2.11. The zero-order valence-corrected chi connectivity index (χ0v) is 9.93. The number of rotatable bonds is 5. The molecule has 0 aliphatic rings. The number of amides is 1. The molecule has 2 N–H and O–H groups in total. The number of ether oxygens (including phenoxy) is 1. The van der Waals surface area contributed by atoms with E-state index >= 15 is 0 Å². The maximum Gasteiger partial charge on any atom is 0.276 e. The lowest BCUT2D eigenvalue weighted by Crippen LogP contribution is -2.30. The monoisotopic (exact) mass is 226 g/mol. The van der Waals surface area contributed by atoms with E-state index in [0.29, 0.717) is 31.1 Å². The summed E-state index contributed by atoms with van der Waals surface area (Å²) < 4.78 is 6.55. The van der Waals surface area contributed by atoms with Crippen LogP contribution in [-0.2, 0) is 11.3 Å². The third-order valence-corrected chi connectivity index (χ3v) is 2.29. The fraction of sp³-hybridized carbons (Fsp3) is 0.600. The zero-order valence-electron chi connectivity index (χ0n) is 9.93. The number of nitrogen functional groups attached to an aromatic ring is 1. The van der Waals surface area contributed by atoms with E-state index in [1.54, 1.807) is 29.9 Å². The molecule has 16 heavy (non-hydrogen) atoms. The molecule has 1 heterocycles. The third kappa shape index (κ3) is 2.73. The Morgan fingerprint density at radius 2 is 2.38 bits per heavy atom. The summed E-state index contributed by atoms with van der Waals surface area (Å²) in [5, 5.41) is 4.12.